The second-order valence-electron chi connectivity index (χ2n) is 5.96. The third-order valence-electron chi connectivity index (χ3n) is 3.50. The fourth-order valence-electron chi connectivity index (χ4n) is 2.22. The van der Waals surface area contributed by atoms with Gasteiger partial charge >= 0.3 is 12.1 Å². The summed E-state index contributed by atoms with van der Waals surface area (Å²) in [7, 11) is 3.74. The molecular weight excluding hydrogens is 377 g/mol. The maximum Gasteiger partial charge on any atom is 0.433 e. The van der Waals surface area contributed by atoms with Crippen LogP contribution in [0.2, 0.25) is 0 Å². The highest BCUT2D eigenvalue weighted by atomic mass is 19.4. The number of halogens is 3. The number of aromatic nitrogens is 1. The molecule has 1 heterocycles. The molecule has 0 bridgehead atoms. The summed E-state index contributed by atoms with van der Waals surface area (Å²) in [4.78, 5) is 17.9. The number of carbonyl (C=O) groups is 1. The van der Waals surface area contributed by atoms with E-state index in [1.165, 1.54) is 6.07 Å². The van der Waals surface area contributed by atoms with E-state index in [0.717, 1.165) is 12.1 Å². The molecule has 0 saturated carbocycles. The molecule has 152 valence electrons. The van der Waals surface area contributed by atoms with E-state index >= 15 is 0 Å². The Kier molecular flexibility index (Phi) is 7.22. The van der Waals surface area contributed by atoms with E-state index in [-0.39, 0.29) is 23.7 Å². The molecule has 0 aliphatic carbocycles. The lowest BCUT2D eigenvalue weighted by Crippen LogP contribution is -2.21. The lowest BCUT2D eigenvalue weighted by Gasteiger charge is -2.16. The van der Waals surface area contributed by atoms with Gasteiger partial charge in [0.05, 0.1) is 6.61 Å². The molecule has 0 amide bonds. The maximum atomic E-state index is 12.8. The molecule has 0 saturated heterocycles. The summed E-state index contributed by atoms with van der Waals surface area (Å²) in [5.74, 6) is -0.965. The number of likely N-dealkylation sites (N-methyl/N-ethyl adjacent to an activating group) is 1. The van der Waals surface area contributed by atoms with Crippen LogP contribution < -0.4 is 14.2 Å². The maximum absolute atomic E-state index is 12.8. The Hall–Kier alpha value is -2.81. The van der Waals surface area contributed by atoms with Crippen LogP contribution in [0.25, 0.3) is 0 Å². The quantitative estimate of drug-likeness (QED) is 0.633. The van der Waals surface area contributed by atoms with Crippen molar-refractivity contribution in [3.8, 4) is 17.4 Å². The molecule has 0 fully saturated rings. The first-order valence-corrected chi connectivity index (χ1v) is 8.52. The lowest BCUT2D eigenvalue weighted by atomic mass is 10.1. The summed E-state index contributed by atoms with van der Waals surface area (Å²) in [5.41, 5.74) is -1.17. The van der Waals surface area contributed by atoms with Crippen LogP contribution in [0.4, 0.5) is 13.2 Å². The van der Waals surface area contributed by atoms with Crippen LogP contribution in [0.15, 0.2) is 36.4 Å². The molecule has 1 aromatic heterocycles. The van der Waals surface area contributed by atoms with Gasteiger partial charge < -0.3 is 19.1 Å². The van der Waals surface area contributed by atoms with Crippen molar-refractivity contribution in [1.29, 1.82) is 0 Å². The second kappa shape index (κ2) is 9.41. The fourth-order valence-corrected chi connectivity index (χ4v) is 2.22. The molecule has 0 N–H and O–H groups in total. The Morgan fingerprint density at radius 1 is 1.07 bits per heavy atom. The van der Waals surface area contributed by atoms with Crippen molar-refractivity contribution in [1.82, 2.24) is 9.88 Å². The van der Waals surface area contributed by atoms with Gasteiger partial charge in [-0.3, -0.25) is 0 Å². The predicted molar refractivity (Wildman–Crippen MR) is 95.9 cm³/mol. The average Bonchev–Trinajstić information content (AvgIpc) is 2.61. The Labute approximate surface area is 160 Å². The molecule has 2 rings (SSSR count). The van der Waals surface area contributed by atoms with Gasteiger partial charge in [-0.05, 0) is 39.2 Å². The predicted octanol–water partition coefficient (Wildman–Crippen LogP) is 3.66. The smallest absolute Gasteiger partial charge is 0.433 e. The van der Waals surface area contributed by atoms with Gasteiger partial charge in [0.15, 0.2) is 0 Å². The van der Waals surface area contributed by atoms with Crippen molar-refractivity contribution in [2.45, 2.75) is 13.1 Å². The van der Waals surface area contributed by atoms with Gasteiger partial charge in [0.25, 0.3) is 0 Å². The van der Waals surface area contributed by atoms with Crippen LogP contribution in [0.5, 0.6) is 17.4 Å². The minimum atomic E-state index is -4.65. The van der Waals surface area contributed by atoms with Crippen molar-refractivity contribution < 1.29 is 32.2 Å². The largest absolute Gasteiger partial charge is 0.493 e. The Bertz CT molecular complexity index is 810. The highest BCUT2D eigenvalue weighted by Gasteiger charge is 2.33. The van der Waals surface area contributed by atoms with E-state index in [1.807, 2.05) is 19.0 Å². The monoisotopic (exact) mass is 398 g/mol. The van der Waals surface area contributed by atoms with E-state index in [2.05, 4.69) is 4.98 Å². The van der Waals surface area contributed by atoms with E-state index in [9.17, 15) is 18.0 Å². The zero-order valence-corrected chi connectivity index (χ0v) is 15.7. The number of benzene rings is 1. The Balaban J connectivity index is 2.30. The summed E-state index contributed by atoms with van der Waals surface area (Å²) in [6.45, 7) is 2.92. The minimum Gasteiger partial charge on any atom is -0.493 e. The third kappa shape index (κ3) is 5.85. The molecule has 0 spiro atoms. The number of hydrogen-bond donors (Lipinski definition) is 0. The molecule has 0 atom stereocenters. The van der Waals surface area contributed by atoms with Crippen LogP contribution in [-0.2, 0) is 6.18 Å². The van der Waals surface area contributed by atoms with Crippen LogP contribution in [0.1, 0.15) is 23.0 Å². The number of alkyl halides is 3. The Morgan fingerprint density at radius 2 is 1.71 bits per heavy atom. The summed E-state index contributed by atoms with van der Waals surface area (Å²) in [6.07, 6.45) is -4.65. The van der Waals surface area contributed by atoms with Crippen molar-refractivity contribution >= 4 is 5.97 Å². The molecule has 0 aliphatic rings. The standard InChI is InChI=1S/C19H21F3N2O4/c1-4-26-13-7-5-8-14(27-12-11-24(2)3)17(13)18(25)28-16-10-6-9-15(23-16)19(20,21)22/h5-10H,4,11-12H2,1-3H3. The first kappa shape index (κ1) is 21.5. The highest BCUT2D eigenvalue weighted by molar-refractivity contribution is 5.96. The Morgan fingerprint density at radius 3 is 2.32 bits per heavy atom. The highest BCUT2D eigenvalue weighted by Crippen LogP contribution is 2.31. The van der Waals surface area contributed by atoms with E-state index < -0.39 is 23.7 Å². The van der Waals surface area contributed by atoms with Crippen LogP contribution in [0.3, 0.4) is 0 Å². The van der Waals surface area contributed by atoms with Crippen LogP contribution in [-0.4, -0.2) is 49.7 Å². The van der Waals surface area contributed by atoms with Crippen LogP contribution >= 0.6 is 0 Å². The van der Waals surface area contributed by atoms with E-state index in [0.29, 0.717) is 13.2 Å². The van der Waals surface area contributed by atoms with Gasteiger partial charge in [0.1, 0.15) is 29.4 Å². The first-order valence-electron chi connectivity index (χ1n) is 8.52. The number of ether oxygens (including phenoxy) is 3. The van der Waals surface area contributed by atoms with E-state index in [1.54, 1.807) is 25.1 Å². The zero-order chi connectivity index (χ0) is 20.7. The minimum absolute atomic E-state index is 0.0117. The number of rotatable bonds is 8. The zero-order valence-electron chi connectivity index (χ0n) is 15.7. The topological polar surface area (TPSA) is 60.9 Å². The summed E-state index contributed by atoms with van der Waals surface area (Å²) < 4.78 is 54.6. The van der Waals surface area contributed by atoms with Gasteiger partial charge in [0, 0.05) is 12.6 Å². The first-order chi connectivity index (χ1) is 13.2. The van der Waals surface area contributed by atoms with E-state index in [4.69, 9.17) is 14.2 Å². The third-order valence-corrected chi connectivity index (χ3v) is 3.50. The van der Waals surface area contributed by atoms with Gasteiger partial charge in [-0.25, -0.2) is 9.78 Å². The van der Waals surface area contributed by atoms with Gasteiger partial charge in [-0.1, -0.05) is 12.1 Å². The van der Waals surface area contributed by atoms with Crippen molar-refractivity contribution in [2.24, 2.45) is 0 Å². The van der Waals surface area contributed by atoms with Crippen molar-refractivity contribution in [3.63, 3.8) is 0 Å². The SMILES string of the molecule is CCOc1cccc(OCCN(C)C)c1C(=O)Oc1cccc(C(F)(F)F)n1. The molecular formula is C19H21F3N2O4. The molecule has 0 aliphatic heterocycles. The summed E-state index contributed by atoms with van der Waals surface area (Å²) in [5, 5.41) is 0. The van der Waals surface area contributed by atoms with Crippen LogP contribution in [0, 0.1) is 0 Å². The molecule has 1 aromatic carbocycles. The molecule has 9 heteroatoms. The lowest BCUT2D eigenvalue weighted by molar-refractivity contribution is -0.141. The second-order valence-corrected chi connectivity index (χ2v) is 5.96. The molecule has 0 radical (unpaired) electrons. The normalized spacial score (nSPS) is 11.4. The van der Waals surface area contributed by atoms with Gasteiger partial charge in [-0.2, -0.15) is 13.2 Å². The number of carbonyl (C=O) groups excluding carboxylic acids is 1. The summed E-state index contributed by atoms with van der Waals surface area (Å²) in [6, 6.07) is 7.84. The molecule has 0 unspecified atom stereocenters. The molecule has 28 heavy (non-hydrogen) atoms. The number of nitrogens with zero attached hydrogens (tertiary/aromatic N) is 2. The number of hydrogen-bond acceptors (Lipinski definition) is 6. The van der Waals surface area contributed by atoms with Gasteiger partial charge in [-0.15, -0.1) is 0 Å². The van der Waals surface area contributed by atoms with Crippen molar-refractivity contribution in [2.75, 3.05) is 33.9 Å². The molecule has 6 nitrogen and oxygen atoms in total. The fraction of sp³-hybridized carbons (Fsp3) is 0.368. The molecule has 2 aromatic rings. The number of pyridine rings is 1. The average molecular weight is 398 g/mol. The summed E-state index contributed by atoms with van der Waals surface area (Å²) >= 11 is 0. The number of esters is 1. The van der Waals surface area contributed by atoms with Gasteiger partial charge in [0.2, 0.25) is 5.88 Å². The van der Waals surface area contributed by atoms with Crippen molar-refractivity contribution in [3.05, 3.63) is 47.7 Å².